The molecule has 5 aromatic carbocycles. The van der Waals surface area contributed by atoms with E-state index in [1.165, 1.54) is 18.2 Å². The summed E-state index contributed by atoms with van der Waals surface area (Å²) >= 11 is 0. The van der Waals surface area contributed by atoms with Gasteiger partial charge in [0.05, 0.1) is 28.7 Å². The number of nitrogens with one attached hydrogen (secondary N) is 3. The van der Waals surface area contributed by atoms with Crippen molar-refractivity contribution in [2.45, 2.75) is 69.6 Å². The van der Waals surface area contributed by atoms with Crippen LogP contribution in [-0.2, 0) is 44.2 Å². The lowest BCUT2D eigenvalue weighted by Crippen LogP contribution is -2.71. The summed E-state index contributed by atoms with van der Waals surface area (Å²) in [6.07, 6.45) is -0.798. The second kappa shape index (κ2) is 21.4. The predicted molar refractivity (Wildman–Crippen MR) is 268 cm³/mol. The minimum atomic E-state index is -6.29. The van der Waals surface area contributed by atoms with Crippen LogP contribution in [0, 0.1) is 56.4 Å². The molecule has 390 valence electrons. The largest absolute Gasteiger partial charge is 0.463 e. The highest BCUT2D eigenvalue weighted by Crippen LogP contribution is 2.45. The van der Waals surface area contributed by atoms with Crippen LogP contribution in [0.15, 0.2) is 116 Å². The number of sulfone groups is 1. The van der Waals surface area contributed by atoms with Gasteiger partial charge in [-0.25, -0.2) is 52.6 Å². The van der Waals surface area contributed by atoms with Gasteiger partial charge in [0, 0.05) is 56.7 Å². The van der Waals surface area contributed by atoms with Gasteiger partial charge in [0.1, 0.15) is 54.4 Å². The quantitative estimate of drug-likeness (QED) is 0.0256. The van der Waals surface area contributed by atoms with E-state index in [0.717, 1.165) is 39.7 Å². The summed E-state index contributed by atoms with van der Waals surface area (Å²) in [4.78, 5) is 22.0. The Balaban J connectivity index is 1.23. The monoisotopic (exact) mass is 1080 g/mol. The van der Waals surface area contributed by atoms with Gasteiger partial charge < -0.3 is 28.7 Å². The minimum absolute atomic E-state index is 0.168. The number of sulfonamides is 2. The molecular weight excluding hydrogens is 1030 g/mol. The van der Waals surface area contributed by atoms with E-state index in [-0.39, 0.29) is 35.6 Å². The number of rotatable bonds is 17. The van der Waals surface area contributed by atoms with E-state index in [9.17, 15) is 34.8 Å². The van der Waals surface area contributed by atoms with Crippen molar-refractivity contribution in [2.75, 3.05) is 30.8 Å². The molecule has 3 N–H and O–H groups in total. The molecule has 1 aliphatic carbocycles. The van der Waals surface area contributed by atoms with Crippen molar-refractivity contribution < 1.29 is 71.3 Å². The van der Waals surface area contributed by atoms with E-state index in [1.807, 2.05) is 64.1 Å². The van der Waals surface area contributed by atoms with Crippen molar-refractivity contribution in [3.05, 3.63) is 152 Å². The zero-order valence-corrected chi connectivity index (χ0v) is 43.4. The molecule has 0 aromatic heterocycles. The fourth-order valence-electron chi connectivity index (χ4n) is 7.88. The number of halogens is 4. The average Bonchev–Trinajstić information content (AvgIpc) is 3.33. The average molecular weight is 1080 g/mol. The fraction of sp³-hybridized carbons (Fsp3) is 0.250. The van der Waals surface area contributed by atoms with Crippen LogP contribution < -0.4 is 21.0 Å². The van der Waals surface area contributed by atoms with Crippen molar-refractivity contribution in [2.24, 2.45) is 5.41 Å². The van der Waals surface area contributed by atoms with Gasteiger partial charge >= 0.3 is 12.1 Å². The molecule has 22 heteroatoms. The van der Waals surface area contributed by atoms with Crippen LogP contribution in [0.2, 0.25) is 0 Å². The highest BCUT2D eigenvalue weighted by atomic mass is 32.3. The Kier molecular flexibility index (Phi) is 15.8. The number of nitrogens with zero attached hydrogens (tertiary/aromatic N) is 1. The number of carbonyl (C=O) groups excluding carboxylic acids is 2. The molecule has 2 aliphatic rings. The standard InChI is InChI=1S/C52H49F4N4O11S3/c1-8-52(6,7)50(61)69-24-23-57-51(62)70-25-26-72(63,64)48-42(53)44(55)49(45(56)43(48)54)74(67,68)60-73(65,66)40-18-10-9-17-37(40)41-35-21-19-33(58-46-29(2)13-11-14-30(46)3)27-38(35)71-39-28-34(20-22-36(39)41)59-47-31(4)15-12-16-32(47)5/h9-22,27-28H,8,23-26H2,1-7H3,(H,57,62)(H,58,59)/q-1/p+1. The molecule has 5 aromatic rings. The van der Waals surface area contributed by atoms with E-state index >= 15 is 17.6 Å². The fourth-order valence-corrected chi connectivity index (χ4v) is 12.1. The summed E-state index contributed by atoms with van der Waals surface area (Å²) < 4.78 is 164. The molecule has 1 amide bonds. The van der Waals surface area contributed by atoms with Gasteiger partial charge in [-0.3, -0.25) is 4.79 Å². The van der Waals surface area contributed by atoms with Gasteiger partial charge in [-0.1, -0.05) is 61.5 Å². The van der Waals surface area contributed by atoms with Crippen LogP contribution >= 0.6 is 0 Å². The molecule has 0 atom stereocenters. The molecular formula is C52H50F4N4O11S3. The number of carbonyl (C=O) groups is 2. The zero-order chi connectivity index (χ0) is 54.1. The number of hydrogen-bond acceptors (Lipinski definition) is 12. The molecule has 0 saturated heterocycles. The zero-order valence-electron chi connectivity index (χ0n) is 40.9. The van der Waals surface area contributed by atoms with Crippen LogP contribution in [0.4, 0.5) is 39.4 Å². The molecule has 15 nitrogen and oxygen atoms in total. The highest BCUT2D eigenvalue weighted by molar-refractivity contribution is 8.12. The molecule has 0 bridgehead atoms. The Morgan fingerprint density at radius 1 is 0.689 bits per heavy atom. The summed E-state index contributed by atoms with van der Waals surface area (Å²) in [5.74, 6) is -12.8. The number of fused-ring (bicyclic) bond motifs is 2. The van der Waals surface area contributed by atoms with Crippen LogP contribution in [0.1, 0.15) is 49.4 Å². The van der Waals surface area contributed by atoms with Gasteiger partial charge in [-0.2, -0.15) is 0 Å². The number of anilines is 2. The number of esters is 1. The number of para-hydroxylation sites is 2. The van der Waals surface area contributed by atoms with Crippen LogP contribution in [0.25, 0.3) is 37.5 Å². The molecule has 0 fully saturated rings. The van der Waals surface area contributed by atoms with Gasteiger partial charge in [0.2, 0.25) is 11.0 Å². The first-order valence-electron chi connectivity index (χ1n) is 22.8. The Morgan fingerprint density at radius 2 is 1.30 bits per heavy atom. The highest BCUT2D eigenvalue weighted by Gasteiger charge is 2.37. The lowest BCUT2D eigenvalue weighted by Gasteiger charge is -2.25. The van der Waals surface area contributed by atoms with Gasteiger partial charge in [0.15, 0.2) is 33.1 Å². The van der Waals surface area contributed by atoms with E-state index in [0.29, 0.717) is 28.4 Å². The molecule has 0 spiro atoms. The maximum Gasteiger partial charge on any atom is 0.407 e. The number of hydrogen-bond donors (Lipinski definition) is 3. The van der Waals surface area contributed by atoms with Gasteiger partial charge in [-0.05, 0) is 83.4 Å². The van der Waals surface area contributed by atoms with Crippen molar-refractivity contribution >= 4 is 70.0 Å². The maximum atomic E-state index is 15.8. The third-order valence-corrected chi connectivity index (χ3v) is 17.3. The smallest absolute Gasteiger partial charge is 0.407 e. The van der Waals surface area contributed by atoms with E-state index in [4.69, 9.17) is 9.15 Å². The van der Waals surface area contributed by atoms with Crippen LogP contribution in [-0.4, -0.2) is 62.8 Å². The normalized spacial score (nSPS) is 12.6. The third kappa shape index (κ3) is 11.3. The number of alkyl carbamates (subject to hydrolysis) is 1. The Bertz CT molecular complexity index is 3700. The van der Waals surface area contributed by atoms with Crippen molar-refractivity contribution in [1.29, 1.82) is 0 Å². The van der Waals surface area contributed by atoms with E-state index in [2.05, 4.69) is 24.5 Å². The molecule has 0 radical (unpaired) electrons. The van der Waals surface area contributed by atoms with Gasteiger partial charge in [-0.15, -0.1) is 0 Å². The topological polar surface area (TPSA) is 220 Å². The van der Waals surface area contributed by atoms with E-state index in [1.54, 1.807) is 57.2 Å². The molecule has 74 heavy (non-hydrogen) atoms. The summed E-state index contributed by atoms with van der Waals surface area (Å²) in [7, 11) is -17.4. The first kappa shape index (κ1) is 54.6. The number of aryl methyl sites for hydroxylation is 4. The summed E-state index contributed by atoms with van der Waals surface area (Å²) in [5, 5.41) is 6.45. The third-order valence-electron chi connectivity index (χ3n) is 12.2. The summed E-state index contributed by atoms with van der Waals surface area (Å²) in [6.45, 7) is 11.1. The minimum Gasteiger partial charge on any atom is -0.463 e. The second-order valence-corrected chi connectivity index (χ2v) is 23.3. The summed E-state index contributed by atoms with van der Waals surface area (Å²) in [5.41, 5.74) is 5.80. The van der Waals surface area contributed by atoms with Crippen molar-refractivity contribution in [3.63, 3.8) is 0 Å². The predicted octanol–water partition coefficient (Wildman–Crippen LogP) is 8.98. The van der Waals surface area contributed by atoms with E-state index < -0.39 is 97.7 Å². The first-order valence-corrected chi connectivity index (χ1v) is 27.3. The molecule has 0 unspecified atom stereocenters. The molecule has 0 saturated carbocycles. The Morgan fingerprint density at radius 3 is 1.93 bits per heavy atom. The molecule has 7 rings (SSSR count). The summed E-state index contributed by atoms with van der Waals surface area (Å²) in [6, 6.07) is 26.6. The Labute approximate surface area is 425 Å². The Hall–Kier alpha value is -7.14. The number of amides is 1. The van der Waals surface area contributed by atoms with Crippen molar-refractivity contribution in [3.8, 4) is 22.5 Å². The van der Waals surface area contributed by atoms with Crippen LogP contribution in [0.3, 0.4) is 0 Å². The van der Waals surface area contributed by atoms with Crippen molar-refractivity contribution in [1.82, 2.24) is 5.32 Å². The molecule has 1 aliphatic heterocycles. The lowest BCUT2D eigenvalue weighted by molar-refractivity contribution is -0.403. The second-order valence-electron chi connectivity index (χ2n) is 17.9. The van der Waals surface area contributed by atoms with Crippen LogP contribution in [0.5, 0.6) is 0 Å². The SMILES string of the molecule is CCC(C)(C)C(=O)OCCNC(=O)OCCS(=O)(=O)c1c(F)c(F)c(S(=O)(=O)[N-]S(=O)(=O)c2ccccc2-c2c3ccc(=[NH+]c4c(C)cccc4C)cc-3oc3cc(Nc4c(C)cccc4C)ccc23)c(F)c1F. The first-order chi connectivity index (χ1) is 34.8. The number of benzene rings is 6. The maximum absolute atomic E-state index is 15.8. The number of ether oxygens (including phenoxy) is 2. The van der Waals surface area contributed by atoms with Gasteiger partial charge in [0.25, 0.3) is 0 Å². The lowest BCUT2D eigenvalue weighted by atomic mass is 9.91. The molecule has 1 heterocycles.